The third-order valence-electron chi connectivity index (χ3n) is 2.82. The van der Waals surface area contributed by atoms with Crippen molar-refractivity contribution in [3.63, 3.8) is 0 Å². The largest absolute Gasteiger partial charge is 0.0990 e. The van der Waals surface area contributed by atoms with Gasteiger partial charge in [0.25, 0.3) is 0 Å². The number of rotatable bonds is 4. The van der Waals surface area contributed by atoms with Crippen molar-refractivity contribution in [1.29, 1.82) is 0 Å². The molecular formula is C21H28. The molecule has 0 nitrogen and oxygen atoms in total. The average molecular weight is 280 g/mol. The summed E-state index contributed by atoms with van der Waals surface area (Å²) in [5.41, 5.74) is 4.68. The molecule has 0 bridgehead atoms. The lowest BCUT2D eigenvalue weighted by molar-refractivity contribution is 1.58. The number of hydrogen-bond acceptors (Lipinski definition) is 0. The second kappa shape index (κ2) is 10.4. The van der Waals surface area contributed by atoms with Gasteiger partial charge in [-0.25, -0.2) is 0 Å². The summed E-state index contributed by atoms with van der Waals surface area (Å²) in [4.78, 5) is 0. The Labute approximate surface area is 131 Å². The first kappa shape index (κ1) is 21.0. The monoisotopic (exact) mass is 280 g/mol. The first-order chi connectivity index (χ1) is 8.85. The second-order valence-electron chi connectivity index (χ2n) is 4.01. The summed E-state index contributed by atoms with van der Waals surface area (Å²) in [7, 11) is 0. The van der Waals surface area contributed by atoms with Crippen LogP contribution in [0.3, 0.4) is 0 Å². The summed E-state index contributed by atoms with van der Waals surface area (Å²) in [6.07, 6.45) is 5.61. The zero-order valence-electron chi connectivity index (χ0n) is 10.3. The molecule has 2 aromatic rings. The zero-order chi connectivity index (χ0) is 12.8. The lowest BCUT2D eigenvalue weighted by Crippen LogP contribution is -1.83. The Kier molecular flexibility index (Phi) is 10.4. The first-order valence-corrected chi connectivity index (χ1v) is 5.96. The summed E-state index contributed by atoms with van der Waals surface area (Å²) in [5, 5.41) is 0. The van der Waals surface area contributed by atoms with Gasteiger partial charge in [-0.15, -0.1) is 0 Å². The molecule has 0 heteroatoms. The van der Waals surface area contributed by atoms with Gasteiger partial charge in [0.05, 0.1) is 0 Å². The fraction of sp³-hybridized carbons (Fsp3) is 0.143. The van der Waals surface area contributed by atoms with Crippen LogP contribution in [0.25, 0.3) is 16.7 Å². The molecule has 0 radical (unpaired) electrons. The van der Waals surface area contributed by atoms with Crippen molar-refractivity contribution < 1.29 is 0 Å². The van der Waals surface area contributed by atoms with Crippen molar-refractivity contribution in [2.24, 2.45) is 0 Å². The van der Waals surface area contributed by atoms with E-state index in [0.29, 0.717) is 0 Å². The molecule has 0 unspecified atom stereocenters. The van der Waals surface area contributed by atoms with Gasteiger partial charge in [0.2, 0.25) is 0 Å². The topological polar surface area (TPSA) is 0 Å². The quantitative estimate of drug-likeness (QED) is 0.528. The minimum atomic E-state index is 0. The molecule has 0 N–H and O–H groups in total. The summed E-state index contributed by atoms with van der Waals surface area (Å²) >= 11 is 0. The third-order valence-corrected chi connectivity index (χ3v) is 2.82. The second-order valence-corrected chi connectivity index (χ2v) is 4.01. The molecule has 2 aromatic carbocycles. The minimum Gasteiger partial charge on any atom is -0.0990 e. The molecule has 0 atom stereocenters. The van der Waals surface area contributed by atoms with Gasteiger partial charge in [-0.05, 0) is 28.3 Å². The molecule has 0 aliphatic rings. The van der Waals surface area contributed by atoms with Crippen LogP contribution in [0, 0.1) is 0 Å². The summed E-state index contributed by atoms with van der Waals surface area (Å²) in [6.45, 7) is 7.57. The summed E-state index contributed by atoms with van der Waals surface area (Å²) in [5.74, 6) is 0. The normalized spacial score (nSPS) is 9.43. The van der Waals surface area contributed by atoms with E-state index in [1.54, 1.807) is 6.08 Å². The first-order valence-electron chi connectivity index (χ1n) is 5.96. The van der Waals surface area contributed by atoms with Crippen LogP contribution in [0.5, 0.6) is 0 Å². The van der Waals surface area contributed by atoms with E-state index in [4.69, 9.17) is 0 Å². The Hall–Kier alpha value is -2.34. The SMILES string of the molecule is C.C.C.C=C/C=C(\C=C)c1cccc(-c2ccccc2)c1. The highest BCUT2D eigenvalue weighted by Crippen LogP contribution is 2.24. The van der Waals surface area contributed by atoms with Crippen molar-refractivity contribution in [2.45, 2.75) is 22.3 Å². The average Bonchev–Trinajstić information content (AvgIpc) is 2.46. The maximum absolute atomic E-state index is 3.84. The fourth-order valence-electron chi connectivity index (χ4n) is 1.92. The molecule has 0 aliphatic carbocycles. The van der Waals surface area contributed by atoms with Crippen molar-refractivity contribution in [3.8, 4) is 11.1 Å². The van der Waals surface area contributed by atoms with Gasteiger partial charge < -0.3 is 0 Å². The Morgan fingerprint density at radius 1 is 0.762 bits per heavy atom. The predicted molar refractivity (Wildman–Crippen MR) is 100 cm³/mol. The predicted octanol–water partition coefficient (Wildman–Crippen LogP) is 7.02. The minimum absolute atomic E-state index is 0. The third kappa shape index (κ3) is 5.27. The fourth-order valence-corrected chi connectivity index (χ4v) is 1.92. The Morgan fingerprint density at radius 3 is 1.95 bits per heavy atom. The molecule has 0 spiro atoms. The van der Waals surface area contributed by atoms with Crippen LogP contribution in [-0.2, 0) is 0 Å². The van der Waals surface area contributed by atoms with Gasteiger partial charge in [0.15, 0.2) is 0 Å². The van der Waals surface area contributed by atoms with E-state index >= 15 is 0 Å². The van der Waals surface area contributed by atoms with Gasteiger partial charge in [0.1, 0.15) is 0 Å². The van der Waals surface area contributed by atoms with Crippen molar-refractivity contribution in [1.82, 2.24) is 0 Å². The van der Waals surface area contributed by atoms with E-state index in [2.05, 4.69) is 61.7 Å². The van der Waals surface area contributed by atoms with Gasteiger partial charge >= 0.3 is 0 Å². The lowest BCUT2D eigenvalue weighted by atomic mass is 9.99. The van der Waals surface area contributed by atoms with Crippen LogP contribution in [0.2, 0.25) is 0 Å². The molecule has 0 saturated heterocycles. The van der Waals surface area contributed by atoms with E-state index in [-0.39, 0.29) is 22.3 Å². The molecule has 0 amide bonds. The highest BCUT2D eigenvalue weighted by atomic mass is 14.0. The lowest BCUT2D eigenvalue weighted by Gasteiger charge is -2.06. The van der Waals surface area contributed by atoms with E-state index in [9.17, 15) is 0 Å². The Balaban J connectivity index is 0. The van der Waals surface area contributed by atoms with Crippen LogP contribution in [0.15, 0.2) is 86.0 Å². The van der Waals surface area contributed by atoms with Gasteiger partial charge in [-0.3, -0.25) is 0 Å². The van der Waals surface area contributed by atoms with Crippen molar-refractivity contribution >= 4 is 5.57 Å². The smallest absolute Gasteiger partial charge is 0.0178 e. The maximum atomic E-state index is 3.84. The van der Waals surface area contributed by atoms with Crippen molar-refractivity contribution in [2.75, 3.05) is 0 Å². The summed E-state index contributed by atoms with van der Waals surface area (Å²) < 4.78 is 0. The molecule has 0 aromatic heterocycles. The standard InChI is InChI=1S/C18H16.3CH4/c1-3-9-15(4-2)17-12-8-13-18(14-17)16-10-6-5-7-11-16;;;/h3-14H,1-2H2;3*1H4/b15-9+;;;. The van der Waals surface area contributed by atoms with E-state index in [0.717, 1.165) is 11.1 Å². The molecule has 0 fully saturated rings. The number of hydrogen-bond donors (Lipinski definition) is 0. The Bertz CT molecular complexity index is 574. The zero-order valence-corrected chi connectivity index (χ0v) is 10.3. The molecule has 2 rings (SSSR count). The summed E-state index contributed by atoms with van der Waals surface area (Å²) in [6, 6.07) is 18.8. The van der Waals surface area contributed by atoms with Crippen molar-refractivity contribution in [3.05, 3.63) is 91.5 Å². The van der Waals surface area contributed by atoms with Crippen LogP contribution in [0.1, 0.15) is 27.8 Å². The number of benzene rings is 2. The number of allylic oxidation sites excluding steroid dienone is 4. The molecule has 0 aliphatic heterocycles. The van der Waals surface area contributed by atoms with E-state index < -0.39 is 0 Å². The molecule has 0 saturated carbocycles. The van der Waals surface area contributed by atoms with Crippen LogP contribution in [-0.4, -0.2) is 0 Å². The molecule has 112 valence electrons. The van der Waals surface area contributed by atoms with E-state index in [1.165, 1.54) is 11.1 Å². The van der Waals surface area contributed by atoms with Gasteiger partial charge in [-0.2, -0.15) is 0 Å². The Morgan fingerprint density at radius 2 is 1.38 bits per heavy atom. The van der Waals surface area contributed by atoms with Crippen LogP contribution < -0.4 is 0 Å². The van der Waals surface area contributed by atoms with Gasteiger partial charge in [0, 0.05) is 0 Å². The maximum Gasteiger partial charge on any atom is -0.0178 e. The van der Waals surface area contributed by atoms with E-state index in [1.807, 2.05) is 18.2 Å². The molecule has 0 heterocycles. The van der Waals surface area contributed by atoms with Gasteiger partial charge in [-0.1, -0.05) is 102 Å². The highest BCUT2D eigenvalue weighted by molar-refractivity contribution is 5.78. The van der Waals surface area contributed by atoms with Crippen LogP contribution >= 0.6 is 0 Å². The molecular weight excluding hydrogens is 252 g/mol. The highest BCUT2D eigenvalue weighted by Gasteiger charge is 2.00. The molecule has 21 heavy (non-hydrogen) atoms. The van der Waals surface area contributed by atoms with Crippen LogP contribution in [0.4, 0.5) is 0 Å².